The van der Waals surface area contributed by atoms with Crippen LogP contribution in [0.2, 0.25) is 10.2 Å². The number of fused-ring (bicyclic) bond motifs is 1. The van der Waals surface area contributed by atoms with Gasteiger partial charge in [-0.05, 0) is 73.0 Å². The van der Waals surface area contributed by atoms with Crippen molar-refractivity contribution >= 4 is 52.0 Å². The van der Waals surface area contributed by atoms with E-state index in [9.17, 15) is 19.1 Å². The predicted octanol–water partition coefficient (Wildman–Crippen LogP) is 8.04. The Balaban J connectivity index is 1.70. The largest absolute Gasteiger partial charge is 0.479 e. The lowest BCUT2D eigenvalue weighted by molar-refractivity contribution is -0.165. The van der Waals surface area contributed by atoms with Gasteiger partial charge in [0.1, 0.15) is 27.0 Å². The molecular weight excluding hydrogens is 610 g/mol. The van der Waals surface area contributed by atoms with Gasteiger partial charge in [0.2, 0.25) is 0 Å². The highest BCUT2D eigenvalue weighted by molar-refractivity contribution is 8.18. The van der Waals surface area contributed by atoms with Crippen LogP contribution in [0.5, 0.6) is 0 Å². The van der Waals surface area contributed by atoms with Crippen molar-refractivity contribution in [2.24, 2.45) is 16.3 Å². The standard InChI is InChI=1S/C32H37Cl2FN4O3S/c1-8-20-13-14-32(28(41)42,30(4,5)6)39(20)27(40)25-24(17(2)3)38-26(18-9-11-21(33)22(35)15-18)31(7,37-29(38)43-25)19-10-12-23(34)36-16-19/h9-12,15-17,20,26H,8,13-14H2,1-7H3,(H,41,42)/t20-,26-,31+,32+/m1/s1. The van der Waals surface area contributed by atoms with Crippen LogP contribution >= 0.6 is 35.0 Å². The molecule has 2 aromatic rings. The van der Waals surface area contributed by atoms with Gasteiger partial charge in [-0.1, -0.05) is 76.9 Å². The van der Waals surface area contributed by atoms with Gasteiger partial charge in [-0.3, -0.25) is 4.79 Å². The summed E-state index contributed by atoms with van der Waals surface area (Å²) in [5, 5.41) is 11.6. The van der Waals surface area contributed by atoms with Crippen molar-refractivity contribution in [3.63, 3.8) is 0 Å². The molecule has 0 unspecified atom stereocenters. The normalized spacial score (nSPS) is 27.3. The molecule has 7 nitrogen and oxygen atoms in total. The number of carboxylic acids is 1. The van der Waals surface area contributed by atoms with Crippen LogP contribution in [0.1, 0.15) is 84.9 Å². The fourth-order valence-corrected chi connectivity index (χ4v) is 8.60. The third-order valence-electron chi connectivity index (χ3n) is 9.22. The highest BCUT2D eigenvalue weighted by Gasteiger charge is 2.62. The third kappa shape index (κ3) is 4.86. The number of benzene rings is 1. The van der Waals surface area contributed by atoms with Crippen LogP contribution in [0, 0.1) is 17.2 Å². The molecule has 1 aromatic carbocycles. The number of hydrogen-bond acceptors (Lipinski definition) is 6. The Morgan fingerprint density at radius 3 is 2.44 bits per heavy atom. The van der Waals surface area contributed by atoms with Crippen LogP contribution in [0.25, 0.3) is 0 Å². The maximum atomic E-state index is 15.0. The molecular formula is C32H37Cl2FN4O3S. The number of pyridine rings is 1. The summed E-state index contributed by atoms with van der Waals surface area (Å²) >= 11 is 13.5. The van der Waals surface area contributed by atoms with Crippen LogP contribution in [-0.4, -0.2) is 48.5 Å². The number of carboxylic acid groups (broad SMARTS) is 1. The molecule has 1 amide bonds. The average molecular weight is 648 g/mol. The molecule has 0 saturated carbocycles. The van der Waals surface area contributed by atoms with Gasteiger partial charge in [-0.15, -0.1) is 0 Å². The molecule has 1 N–H and O–H groups in total. The zero-order valence-corrected chi connectivity index (χ0v) is 27.7. The van der Waals surface area contributed by atoms with Crippen molar-refractivity contribution < 1.29 is 19.1 Å². The number of likely N-dealkylation sites (tertiary alicyclic amines) is 1. The summed E-state index contributed by atoms with van der Waals surface area (Å²) < 4.78 is 15.0. The molecule has 230 valence electrons. The second kappa shape index (κ2) is 11.1. The molecule has 4 heterocycles. The smallest absolute Gasteiger partial charge is 0.330 e. The predicted molar refractivity (Wildman–Crippen MR) is 169 cm³/mol. The topological polar surface area (TPSA) is 86.1 Å². The minimum Gasteiger partial charge on any atom is -0.479 e. The SMILES string of the molecule is CC[C@@H]1CC[C@](C(=O)O)(C(C)(C)C)N1C(=O)C1=C(C(C)C)N2C(=N[C@@](C)(c3ccc(Cl)nc3)[C@H]2c2ccc(Cl)c(F)c2)S1. The number of aliphatic imine (C=N–C) groups is 1. The van der Waals surface area contributed by atoms with Gasteiger partial charge in [0.15, 0.2) is 5.17 Å². The Bertz CT molecular complexity index is 1540. The van der Waals surface area contributed by atoms with E-state index in [0.717, 1.165) is 11.3 Å². The number of amides is 1. The highest BCUT2D eigenvalue weighted by atomic mass is 35.5. The Labute approximate surface area is 266 Å². The molecule has 0 spiro atoms. The first kappa shape index (κ1) is 31.8. The lowest BCUT2D eigenvalue weighted by Gasteiger charge is -2.46. The van der Waals surface area contributed by atoms with Crippen molar-refractivity contribution in [2.75, 3.05) is 0 Å². The number of aliphatic carboxylic acids is 1. The van der Waals surface area contributed by atoms with Crippen LogP contribution in [0.3, 0.4) is 0 Å². The molecule has 1 fully saturated rings. The first-order valence-electron chi connectivity index (χ1n) is 14.5. The van der Waals surface area contributed by atoms with Crippen LogP contribution < -0.4 is 0 Å². The molecule has 4 atom stereocenters. The monoisotopic (exact) mass is 646 g/mol. The Morgan fingerprint density at radius 1 is 1.21 bits per heavy atom. The van der Waals surface area contributed by atoms with Crippen LogP contribution in [0.15, 0.2) is 52.1 Å². The van der Waals surface area contributed by atoms with Gasteiger partial charge in [-0.2, -0.15) is 0 Å². The summed E-state index contributed by atoms with van der Waals surface area (Å²) in [7, 11) is 0. The average Bonchev–Trinajstić information content (AvgIpc) is 3.58. The summed E-state index contributed by atoms with van der Waals surface area (Å²) in [5.74, 6) is -1.99. The molecule has 0 radical (unpaired) electrons. The number of carbonyl (C=O) groups excluding carboxylic acids is 1. The number of nitrogens with zero attached hydrogens (tertiary/aromatic N) is 4. The minimum atomic E-state index is -1.36. The lowest BCUT2D eigenvalue weighted by Crippen LogP contribution is -2.62. The Morgan fingerprint density at radius 2 is 1.91 bits per heavy atom. The number of amidine groups is 1. The maximum Gasteiger partial charge on any atom is 0.330 e. The highest BCUT2D eigenvalue weighted by Crippen LogP contribution is 2.57. The quantitative estimate of drug-likeness (QED) is 0.320. The molecule has 5 rings (SSSR count). The summed E-state index contributed by atoms with van der Waals surface area (Å²) in [6, 6.07) is 7.52. The number of aromatic nitrogens is 1. The summed E-state index contributed by atoms with van der Waals surface area (Å²) in [6.45, 7) is 13.6. The van der Waals surface area contributed by atoms with E-state index in [4.69, 9.17) is 28.2 Å². The van der Waals surface area contributed by atoms with Crippen molar-refractivity contribution in [1.29, 1.82) is 0 Å². The van der Waals surface area contributed by atoms with E-state index in [0.29, 0.717) is 40.1 Å². The number of hydrogen-bond donors (Lipinski definition) is 1. The first-order valence-corrected chi connectivity index (χ1v) is 16.1. The molecule has 43 heavy (non-hydrogen) atoms. The van der Waals surface area contributed by atoms with E-state index >= 15 is 0 Å². The van der Waals surface area contributed by atoms with E-state index in [1.54, 1.807) is 23.2 Å². The summed E-state index contributed by atoms with van der Waals surface area (Å²) in [4.78, 5) is 41.4. The molecule has 1 aromatic heterocycles. The van der Waals surface area contributed by atoms with Crippen molar-refractivity contribution in [1.82, 2.24) is 14.8 Å². The lowest BCUT2D eigenvalue weighted by atomic mass is 9.71. The zero-order valence-electron chi connectivity index (χ0n) is 25.4. The van der Waals surface area contributed by atoms with E-state index in [-0.39, 0.29) is 22.9 Å². The Kier molecular flexibility index (Phi) is 8.19. The van der Waals surface area contributed by atoms with Gasteiger partial charge in [-0.25, -0.2) is 19.2 Å². The minimum absolute atomic E-state index is 0.0101. The zero-order chi connectivity index (χ0) is 31.6. The fourth-order valence-electron chi connectivity index (χ4n) is 7.03. The molecule has 0 aliphatic carbocycles. The second-order valence-corrected chi connectivity index (χ2v) is 14.8. The van der Waals surface area contributed by atoms with Gasteiger partial charge in [0, 0.05) is 23.5 Å². The van der Waals surface area contributed by atoms with Gasteiger partial charge >= 0.3 is 5.97 Å². The molecule has 1 saturated heterocycles. The molecule has 11 heteroatoms. The maximum absolute atomic E-state index is 15.0. The van der Waals surface area contributed by atoms with Crippen molar-refractivity contribution in [3.8, 4) is 0 Å². The van der Waals surface area contributed by atoms with E-state index in [1.165, 1.54) is 23.9 Å². The number of halogens is 3. The van der Waals surface area contributed by atoms with E-state index < -0.39 is 34.3 Å². The number of allylic oxidation sites excluding steroid dienone is 1. The Hall–Kier alpha value is -2.62. The third-order valence-corrected chi connectivity index (χ3v) is 10.8. The molecule has 3 aliphatic rings. The van der Waals surface area contributed by atoms with Gasteiger partial charge < -0.3 is 14.9 Å². The van der Waals surface area contributed by atoms with Crippen LogP contribution in [-0.2, 0) is 15.1 Å². The summed E-state index contributed by atoms with van der Waals surface area (Å²) in [5.41, 5.74) is -0.846. The fraction of sp³-hybridized carbons (Fsp3) is 0.500. The van der Waals surface area contributed by atoms with Gasteiger partial charge in [0.25, 0.3) is 5.91 Å². The van der Waals surface area contributed by atoms with Gasteiger partial charge in [0.05, 0.1) is 11.1 Å². The number of thioether (sulfide) groups is 1. The second-order valence-electron chi connectivity index (χ2n) is 13.0. The van der Waals surface area contributed by atoms with Crippen molar-refractivity contribution in [3.05, 3.63) is 74.3 Å². The van der Waals surface area contributed by atoms with Crippen LogP contribution in [0.4, 0.5) is 4.39 Å². The molecule has 0 bridgehead atoms. The van der Waals surface area contributed by atoms with E-state index in [1.807, 2.05) is 59.4 Å². The van der Waals surface area contributed by atoms with E-state index in [2.05, 4.69) is 4.98 Å². The summed E-state index contributed by atoms with van der Waals surface area (Å²) in [6.07, 6.45) is 3.30. The number of carbonyl (C=O) groups is 2. The van der Waals surface area contributed by atoms with Crippen molar-refractivity contribution in [2.45, 2.75) is 90.9 Å². The number of rotatable bonds is 6. The first-order chi connectivity index (χ1) is 20.1. The molecule has 3 aliphatic heterocycles.